The molecule has 0 radical (unpaired) electrons. The maximum Gasteiger partial charge on any atom is 0.305 e. The maximum atomic E-state index is 12.5. The molecule has 0 fully saturated rings. The van der Waals surface area contributed by atoms with Gasteiger partial charge in [-0.05, 0) is 58.2 Å². The lowest BCUT2D eigenvalue weighted by Gasteiger charge is -2.24. The van der Waals surface area contributed by atoms with Crippen LogP contribution in [-0.4, -0.2) is 28.6 Å². The van der Waals surface area contributed by atoms with Crippen molar-refractivity contribution in [3.63, 3.8) is 0 Å². The Labute approximate surface area is 147 Å². The van der Waals surface area contributed by atoms with Crippen molar-refractivity contribution >= 4 is 17.0 Å². The first-order valence-electron chi connectivity index (χ1n) is 8.25. The first-order valence-corrected chi connectivity index (χ1v) is 9.40. The second-order valence-corrected chi connectivity index (χ2v) is 8.52. The van der Waals surface area contributed by atoms with Crippen LogP contribution in [0.15, 0.2) is 24.3 Å². The summed E-state index contributed by atoms with van der Waals surface area (Å²) in [7, 11) is 0.434. The number of rotatable bonds is 9. The predicted molar refractivity (Wildman–Crippen MR) is 97.3 cm³/mol. The number of esters is 1. The Kier molecular flexibility index (Phi) is 8.42. The smallest absolute Gasteiger partial charge is 0.305 e. The number of benzene rings is 1. The fourth-order valence-corrected chi connectivity index (χ4v) is 2.99. The lowest BCUT2D eigenvalue weighted by atomic mass is 10.0. The molecule has 0 amide bonds. The molecule has 0 aliphatic heterocycles. The van der Waals surface area contributed by atoms with Gasteiger partial charge in [0.05, 0.1) is 29.4 Å². The molecule has 0 spiro atoms. The standard InChI is InChI=1S/C18H29NO4S/c1-6-23-17(20)9-7-8-16(19-24(21)18(2,3)4)14-10-12-15(22-5)13-11-14/h10-13,16,19H,6-9H2,1-5H3/t16-,24-/m1/s1. The molecule has 0 saturated carbocycles. The van der Waals surface area contributed by atoms with Crippen LogP contribution in [0.3, 0.4) is 0 Å². The summed E-state index contributed by atoms with van der Waals surface area (Å²) in [6.45, 7) is 7.98. The van der Waals surface area contributed by atoms with Crippen molar-refractivity contribution in [2.45, 2.75) is 57.7 Å². The first kappa shape index (κ1) is 20.6. The summed E-state index contributed by atoms with van der Waals surface area (Å²) >= 11 is 0. The molecule has 5 nitrogen and oxygen atoms in total. The average Bonchev–Trinajstić information content (AvgIpc) is 2.53. The molecular weight excluding hydrogens is 326 g/mol. The van der Waals surface area contributed by atoms with Crippen LogP contribution in [0.2, 0.25) is 0 Å². The average molecular weight is 356 g/mol. The minimum absolute atomic E-state index is 0.0922. The summed E-state index contributed by atoms with van der Waals surface area (Å²) in [5.74, 6) is 0.587. The van der Waals surface area contributed by atoms with E-state index >= 15 is 0 Å². The van der Waals surface area contributed by atoms with E-state index in [2.05, 4.69) is 4.72 Å². The molecule has 0 aliphatic rings. The number of carbonyl (C=O) groups is 1. The van der Waals surface area contributed by atoms with Gasteiger partial charge in [-0.1, -0.05) is 12.1 Å². The van der Waals surface area contributed by atoms with E-state index < -0.39 is 11.0 Å². The molecule has 0 aromatic heterocycles. The normalized spacial score (nSPS) is 14.0. The van der Waals surface area contributed by atoms with E-state index in [0.717, 1.165) is 11.3 Å². The Balaban J connectivity index is 2.78. The molecule has 0 heterocycles. The highest BCUT2D eigenvalue weighted by atomic mass is 32.2. The Morgan fingerprint density at radius 1 is 1.25 bits per heavy atom. The van der Waals surface area contributed by atoms with Crippen LogP contribution in [0.1, 0.15) is 58.6 Å². The van der Waals surface area contributed by atoms with E-state index in [1.54, 1.807) is 14.0 Å². The molecule has 1 aromatic rings. The summed E-state index contributed by atoms with van der Waals surface area (Å²) in [6, 6.07) is 7.59. The number of ether oxygens (including phenoxy) is 2. The van der Waals surface area contributed by atoms with Gasteiger partial charge in [-0.25, -0.2) is 8.93 Å². The second-order valence-electron chi connectivity index (χ2n) is 6.52. The molecule has 24 heavy (non-hydrogen) atoms. The van der Waals surface area contributed by atoms with Crippen LogP contribution in [-0.2, 0) is 20.5 Å². The zero-order valence-electron chi connectivity index (χ0n) is 15.3. The molecule has 0 unspecified atom stereocenters. The van der Waals surface area contributed by atoms with E-state index in [-0.39, 0.29) is 16.8 Å². The van der Waals surface area contributed by atoms with E-state index in [1.165, 1.54) is 0 Å². The van der Waals surface area contributed by atoms with Gasteiger partial charge < -0.3 is 9.47 Å². The number of hydrogen-bond acceptors (Lipinski definition) is 4. The summed E-state index contributed by atoms with van der Waals surface area (Å²) in [6.07, 6.45) is 1.74. The van der Waals surface area contributed by atoms with Crippen molar-refractivity contribution in [1.29, 1.82) is 0 Å². The Morgan fingerprint density at radius 2 is 1.88 bits per heavy atom. The van der Waals surface area contributed by atoms with Crippen LogP contribution < -0.4 is 9.46 Å². The fraction of sp³-hybridized carbons (Fsp3) is 0.611. The molecule has 0 bridgehead atoms. The molecule has 1 aromatic carbocycles. The lowest BCUT2D eigenvalue weighted by molar-refractivity contribution is -0.143. The third kappa shape index (κ3) is 7.01. The van der Waals surface area contributed by atoms with Crippen LogP contribution in [0.4, 0.5) is 0 Å². The van der Waals surface area contributed by atoms with E-state index in [1.807, 2.05) is 45.0 Å². The largest absolute Gasteiger partial charge is 0.497 e. The summed E-state index contributed by atoms with van der Waals surface area (Å²) in [5, 5.41) is 0. The zero-order chi connectivity index (χ0) is 18.2. The SMILES string of the molecule is CCOC(=O)CCC[C@@H](N[S@](=O)C(C)(C)C)c1ccc(OC)cc1. The van der Waals surface area contributed by atoms with Crippen LogP contribution in [0.25, 0.3) is 0 Å². The molecule has 2 atom stereocenters. The number of nitrogens with one attached hydrogen (secondary N) is 1. The van der Waals surface area contributed by atoms with E-state index in [4.69, 9.17) is 9.47 Å². The van der Waals surface area contributed by atoms with E-state index in [0.29, 0.717) is 25.9 Å². The molecule has 0 aliphatic carbocycles. The number of carbonyl (C=O) groups excluding carboxylic acids is 1. The molecular formula is C18H29NO4S. The third-order valence-corrected chi connectivity index (χ3v) is 5.11. The Morgan fingerprint density at radius 3 is 2.38 bits per heavy atom. The van der Waals surface area contributed by atoms with E-state index in [9.17, 15) is 9.00 Å². The topological polar surface area (TPSA) is 64.6 Å². The van der Waals surface area contributed by atoms with Gasteiger partial charge in [-0.3, -0.25) is 4.79 Å². The van der Waals surface area contributed by atoms with Crippen LogP contribution in [0.5, 0.6) is 5.75 Å². The fourth-order valence-electron chi connectivity index (χ4n) is 2.12. The maximum absolute atomic E-state index is 12.5. The van der Waals surface area contributed by atoms with Gasteiger partial charge in [0, 0.05) is 12.5 Å². The molecule has 0 saturated heterocycles. The quantitative estimate of drug-likeness (QED) is 0.688. The molecule has 6 heteroatoms. The predicted octanol–water partition coefficient (Wildman–Crippen LogP) is 3.52. The zero-order valence-corrected chi connectivity index (χ0v) is 16.1. The van der Waals surface area contributed by atoms with Crippen LogP contribution in [0, 0.1) is 0 Å². The lowest BCUT2D eigenvalue weighted by Crippen LogP contribution is -2.35. The Bertz CT molecular complexity index is 537. The van der Waals surface area contributed by atoms with Gasteiger partial charge in [0.15, 0.2) is 0 Å². The van der Waals surface area contributed by atoms with Gasteiger partial charge >= 0.3 is 5.97 Å². The van der Waals surface area contributed by atoms with Gasteiger partial charge in [-0.15, -0.1) is 0 Å². The molecule has 1 N–H and O–H groups in total. The monoisotopic (exact) mass is 355 g/mol. The third-order valence-electron chi connectivity index (χ3n) is 3.50. The van der Waals surface area contributed by atoms with Crippen molar-refractivity contribution in [3.8, 4) is 5.75 Å². The van der Waals surface area contributed by atoms with Crippen molar-refractivity contribution < 1.29 is 18.5 Å². The molecule has 1 rings (SSSR count). The van der Waals surface area contributed by atoms with Gasteiger partial charge in [0.2, 0.25) is 0 Å². The summed E-state index contributed by atoms with van der Waals surface area (Å²) < 4.78 is 25.4. The van der Waals surface area contributed by atoms with Crippen molar-refractivity contribution in [3.05, 3.63) is 29.8 Å². The summed E-state index contributed by atoms with van der Waals surface area (Å²) in [4.78, 5) is 11.5. The van der Waals surface area contributed by atoms with Gasteiger partial charge in [-0.2, -0.15) is 0 Å². The number of hydrogen-bond donors (Lipinski definition) is 1. The Hall–Kier alpha value is -1.40. The van der Waals surface area contributed by atoms with Crippen LogP contribution >= 0.6 is 0 Å². The van der Waals surface area contributed by atoms with Crippen molar-refractivity contribution in [2.75, 3.05) is 13.7 Å². The highest BCUT2D eigenvalue weighted by molar-refractivity contribution is 7.84. The minimum Gasteiger partial charge on any atom is -0.497 e. The highest BCUT2D eigenvalue weighted by Crippen LogP contribution is 2.24. The minimum atomic E-state index is -1.19. The first-order chi connectivity index (χ1) is 11.3. The van der Waals surface area contributed by atoms with Crippen molar-refractivity contribution in [2.24, 2.45) is 0 Å². The molecule has 136 valence electrons. The summed E-state index contributed by atoms with van der Waals surface area (Å²) in [5.41, 5.74) is 1.03. The van der Waals surface area contributed by atoms with Gasteiger partial charge in [0.1, 0.15) is 5.75 Å². The van der Waals surface area contributed by atoms with Crippen molar-refractivity contribution in [1.82, 2.24) is 4.72 Å². The highest BCUT2D eigenvalue weighted by Gasteiger charge is 2.23. The number of methoxy groups -OCH3 is 1. The second kappa shape index (κ2) is 9.79. The van der Waals surface area contributed by atoms with Gasteiger partial charge in [0.25, 0.3) is 0 Å².